The number of hydrogen-bond acceptors (Lipinski definition) is 6. The van der Waals surface area contributed by atoms with E-state index in [0.717, 1.165) is 10.5 Å². The molecule has 0 saturated carbocycles. The van der Waals surface area contributed by atoms with Gasteiger partial charge in [0.15, 0.2) is 6.29 Å². The maximum Gasteiger partial charge on any atom is 0.412 e. The zero-order valence-corrected chi connectivity index (χ0v) is 17.6. The first-order valence-electron chi connectivity index (χ1n) is 9.27. The Morgan fingerprint density at radius 1 is 1.14 bits per heavy atom. The molecule has 0 aliphatic carbocycles. The lowest BCUT2D eigenvalue weighted by Crippen LogP contribution is -2.59. The fraction of sp³-hybridized carbons (Fsp3) is 0.571. The van der Waals surface area contributed by atoms with Gasteiger partial charge >= 0.3 is 12.1 Å². The van der Waals surface area contributed by atoms with Crippen LogP contribution in [0.2, 0.25) is 0 Å². The van der Waals surface area contributed by atoms with Crippen molar-refractivity contribution >= 4 is 18.3 Å². The van der Waals surface area contributed by atoms with Gasteiger partial charge in [0.2, 0.25) is 5.72 Å². The maximum absolute atomic E-state index is 12.9. The van der Waals surface area contributed by atoms with Crippen molar-refractivity contribution in [2.45, 2.75) is 59.0 Å². The second kappa shape index (κ2) is 10.2. The summed E-state index contributed by atoms with van der Waals surface area (Å²) < 4.78 is 16.5. The van der Waals surface area contributed by atoms with Gasteiger partial charge in [0.25, 0.3) is 0 Å². The van der Waals surface area contributed by atoms with Gasteiger partial charge in [0.05, 0.1) is 6.61 Å². The van der Waals surface area contributed by atoms with Gasteiger partial charge in [-0.15, -0.1) is 0 Å². The van der Waals surface area contributed by atoms with E-state index in [0.29, 0.717) is 6.29 Å². The molecule has 0 bridgehead atoms. The lowest BCUT2D eigenvalue weighted by Gasteiger charge is -2.40. The van der Waals surface area contributed by atoms with Crippen molar-refractivity contribution in [1.82, 2.24) is 4.90 Å². The summed E-state index contributed by atoms with van der Waals surface area (Å²) in [6, 6.07) is 9.28. The number of rotatable bonds is 9. The molecule has 0 spiro atoms. The van der Waals surface area contributed by atoms with E-state index in [1.807, 2.05) is 44.2 Å². The molecule has 0 heterocycles. The fourth-order valence-electron chi connectivity index (χ4n) is 2.60. The number of esters is 1. The molecule has 7 nitrogen and oxygen atoms in total. The largest absolute Gasteiger partial charge is 0.454 e. The summed E-state index contributed by atoms with van der Waals surface area (Å²) in [7, 11) is 1.43. The van der Waals surface area contributed by atoms with Gasteiger partial charge in [-0.3, -0.25) is 9.69 Å². The van der Waals surface area contributed by atoms with Crippen molar-refractivity contribution in [2.75, 3.05) is 13.7 Å². The van der Waals surface area contributed by atoms with Crippen molar-refractivity contribution in [2.24, 2.45) is 5.92 Å². The molecule has 0 unspecified atom stereocenters. The molecule has 1 aromatic carbocycles. The predicted molar refractivity (Wildman–Crippen MR) is 104 cm³/mol. The van der Waals surface area contributed by atoms with E-state index in [4.69, 9.17) is 14.2 Å². The molecule has 7 heteroatoms. The smallest absolute Gasteiger partial charge is 0.412 e. The number of carbonyl (C=O) groups excluding carboxylic acids is 3. The first kappa shape index (κ1) is 23.6. The zero-order valence-electron chi connectivity index (χ0n) is 17.6. The molecule has 1 amide bonds. The summed E-state index contributed by atoms with van der Waals surface area (Å²) in [5.74, 6) is -0.818. The summed E-state index contributed by atoms with van der Waals surface area (Å²) in [4.78, 5) is 37.5. The van der Waals surface area contributed by atoms with E-state index >= 15 is 0 Å². The summed E-state index contributed by atoms with van der Waals surface area (Å²) in [6.45, 7) is 8.66. The fourth-order valence-corrected chi connectivity index (χ4v) is 2.60. The second-order valence-electron chi connectivity index (χ2n) is 7.96. The monoisotopic (exact) mass is 393 g/mol. The van der Waals surface area contributed by atoms with Gasteiger partial charge in [-0.2, -0.15) is 0 Å². The van der Waals surface area contributed by atoms with Crippen LogP contribution in [-0.4, -0.2) is 48.2 Å². The van der Waals surface area contributed by atoms with E-state index in [1.54, 1.807) is 20.8 Å². The van der Waals surface area contributed by atoms with Crippen LogP contribution in [0.5, 0.6) is 0 Å². The highest BCUT2D eigenvalue weighted by Gasteiger charge is 2.49. The Morgan fingerprint density at radius 3 is 2.25 bits per heavy atom. The molecule has 0 saturated heterocycles. The Bertz CT molecular complexity index is 653. The standard InChI is InChI=1S/C21H31NO6/c1-16(2)14-21(18(24)26-13-12-23,22(6)19(25)28-20(3,4)5)27-15-17-10-8-7-9-11-17/h7-12,16H,13-15H2,1-6H3/t21-/m0/s1. The van der Waals surface area contributed by atoms with Gasteiger partial charge < -0.3 is 14.2 Å². The van der Waals surface area contributed by atoms with E-state index in [9.17, 15) is 14.4 Å². The highest BCUT2D eigenvalue weighted by Crippen LogP contribution is 2.30. The van der Waals surface area contributed by atoms with Crippen LogP contribution in [-0.2, 0) is 30.4 Å². The third-order valence-electron chi connectivity index (χ3n) is 3.82. The molecule has 0 aliphatic heterocycles. The molecule has 1 rings (SSSR count). The quantitative estimate of drug-likeness (QED) is 0.362. The lowest BCUT2D eigenvalue weighted by atomic mass is 9.98. The van der Waals surface area contributed by atoms with E-state index in [2.05, 4.69) is 0 Å². The van der Waals surface area contributed by atoms with Gasteiger partial charge in [0, 0.05) is 13.5 Å². The number of hydrogen-bond donors (Lipinski definition) is 0. The van der Waals surface area contributed by atoms with Crippen molar-refractivity contribution < 1.29 is 28.6 Å². The van der Waals surface area contributed by atoms with Crippen molar-refractivity contribution in [1.29, 1.82) is 0 Å². The molecule has 28 heavy (non-hydrogen) atoms. The van der Waals surface area contributed by atoms with Gasteiger partial charge in [-0.1, -0.05) is 44.2 Å². The summed E-state index contributed by atoms with van der Waals surface area (Å²) in [6.07, 6.45) is -0.0695. The Kier molecular flexibility index (Phi) is 8.63. The molecule has 0 N–H and O–H groups in total. The number of nitrogens with zero attached hydrogens (tertiary/aromatic N) is 1. The molecule has 156 valence electrons. The third kappa shape index (κ3) is 6.96. The van der Waals surface area contributed by atoms with Crippen LogP contribution in [0.15, 0.2) is 30.3 Å². The number of benzene rings is 1. The lowest BCUT2D eigenvalue weighted by molar-refractivity contribution is -0.204. The number of likely N-dealkylation sites (N-methyl/N-ethyl adjacent to an activating group) is 1. The molecule has 1 aromatic rings. The van der Waals surface area contributed by atoms with Crippen molar-refractivity contribution in [3.8, 4) is 0 Å². The van der Waals surface area contributed by atoms with Gasteiger partial charge in [-0.05, 0) is 32.3 Å². The first-order valence-corrected chi connectivity index (χ1v) is 9.27. The number of aldehydes is 1. The third-order valence-corrected chi connectivity index (χ3v) is 3.82. The summed E-state index contributed by atoms with van der Waals surface area (Å²) >= 11 is 0. The van der Waals surface area contributed by atoms with Gasteiger partial charge in [-0.25, -0.2) is 9.59 Å². The highest BCUT2D eigenvalue weighted by molar-refractivity contribution is 5.85. The van der Waals surface area contributed by atoms with E-state index in [-0.39, 0.29) is 18.9 Å². The van der Waals surface area contributed by atoms with Crippen LogP contribution >= 0.6 is 0 Å². The molecular weight excluding hydrogens is 362 g/mol. The van der Waals surface area contributed by atoms with Crippen LogP contribution in [0.1, 0.15) is 46.6 Å². The van der Waals surface area contributed by atoms with Crippen molar-refractivity contribution in [3.05, 3.63) is 35.9 Å². The molecule has 0 aromatic heterocycles. The van der Waals surface area contributed by atoms with Crippen LogP contribution in [0.3, 0.4) is 0 Å². The van der Waals surface area contributed by atoms with Crippen molar-refractivity contribution in [3.63, 3.8) is 0 Å². The molecule has 0 radical (unpaired) electrons. The minimum Gasteiger partial charge on any atom is -0.454 e. The highest BCUT2D eigenvalue weighted by atomic mass is 16.6. The molecule has 0 aliphatic rings. The van der Waals surface area contributed by atoms with Crippen LogP contribution < -0.4 is 0 Å². The molecule has 0 fully saturated rings. The molecular formula is C21H31NO6. The summed E-state index contributed by atoms with van der Waals surface area (Å²) in [5.41, 5.74) is -1.65. The SMILES string of the molecule is CC(C)C[C@](OCc1ccccc1)(C(=O)OCC=O)N(C)C(=O)OC(C)(C)C. The Morgan fingerprint density at radius 2 is 1.75 bits per heavy atom. The number of amides is 1. The second-order valence-corrected chi connectivity index (χ2v) is 7.96. The maximum atomic E-state index is 12.9. The topological polar surface area (TPSA) is 82.1 Å². The first-order chi connectivity index (χ1) is 13.0. The predicted octanol–water partition coefficient (Wildman–Crippen LogP) is 3.55. The number of carbonyl (C=O) groups is 3. The Balaban J connectivity index is 3.26. The van der Waals surface area contributed by atoms with Crippen LogP contribution in [0, 0.1) is 5.92 Å². The van der Waals surface area contributed by atoms with E-state index < -0.39 is 30.0 Å². The Labute approximate surface area is 166 Å². The zero-order chi connectivity index (χ0) is 21.4. The van der Waals surface area contributed by atoms with Crippen LogP contribution in [0.4, 0.5) is 4.79 Å². The van der Waals surface area contributed by atoms with E-state index in [1.165, 1.54) is 7.05 Å². The average molecular weight is 393 g/mol. The average Bonchev–Trinajstić information content (AvgIpc) is 2.61. The molecule has 1 atom stereocenters. The minimum atomic E-state index is -1.73. The summed E-state index contributed by atoms with van der Waals surface area (Å²) in [5, 5.41) is 0. The van der Waals surface area contributed by atoms with Gasteiger partial charge in [0.1, 0.15) is 12.2 Å². The number of ether oxygens (including phenoxy) is 3. The minimum absolute atomic E-state index is 0.00978. The Hall–Kier alpha value is -2.41. The van der Waals surface area contributed by atoms with Crippen LogP contribution in [0.25, 0.3) is 0 Å². The normalized spacial score (nSPS) is 13.5.